The summed E-state index contributed by atoms with van der Waals surface area (Å²) in [6, 6.07) is -6.11. The molecule has 0 aliphatic rings. The van der Waals surface area contributed by atoms with Crippen molar-refractivity contribution in [1.29, 1.82) is 0 Å². The number of primary amides is 1. The van der Waals surface area contributed by atoms with Crippen molar-refractivity contribution in [2.45, 2.75) is 70.3 Å². The van der Waals surface area contributed by atoms with E-state index in [0.717, 1.165) is 6.92 Å². The first-order valence-electron chi connectivity index (χ1n) is 9.78. The Morgan fingerprint density at radius 2 is 1.38 bits per heavy atom. The highest BCUT2D eigenvalue weighted by Gasteiger charge is 2.34. The predicted octanol–water partition coefficient (Wildman–Crippen LogP) is -3.37. The molecule has 0 radical (unpaired) electrons. The lowest BCUT2D eigenvalue weighted by atomic mass is 9.98. The van der Waals surface area contributed by atoms with Crippen LogP contribution in [0.15, 0.2) is 0 Å². The molecule has 6 atom stereocenters. The number of carboxylic acid groups (broad SMARTS) is 2. The zero-order valence-corrected chi connectivity index (χ0v) is 18.0. The summed E-state index contributed by atoms with van der Waals surface area (Å²) >= 11 is 0. The molecule has 0 spiro atoms. The van der Waals surface area contributed by atoms with Crippen LogP contribution in [0.2, 0.25) is 0 Å². The van der Waals surface area contributed by atoms with E-state index in [9.17, 15) is 39.0 Å². The number of amides is 4. The van der Waals surface area contributed by atoms with E-state index in [1.807, 2.05) is 0 Å². The quantitative estimate of drug-likeness (QED) is 0.127. The van der Waals surface area contributed by atoms with Crippen LogP contribution < -0.4 is 27.4 Å². The number of nitrogens with two attached hydrogens (primary N) is 2. The SMILES string of the molecule is CCC(C)C(NC(=O)C(CC(=O)O)NC(=O)C(NC(=O)C(N)CC(N)=O)C(C)O)C(=O)O. The van der Waals surface area contributed by atoms with Gasteiger partial charge in [-0.15, -0.1) is 0 Å². The Balaban J connectivity index is 5.51. The molecule has 0 bridgehead atoms. The summed E-state index contributed by atoms with van der Waals surface area (Å²) in [5.41, 5.74) is 10.4. The minimum atomic E-state index is -1.71. The molecule has 182 valence electrons. The second-order valence-electron chi connectivity index (χ2n) is 7.37. The molecule has 0 fully saturated rings. The Morgan fingerprint density at radius 1 is 0.844 bits per heavy atom. The number of hydrogen-bond acceptors (Lipinski definition) is 8. The van der Waals surface area contributed by atoms with E-state index in [1.165, 1.54) is 0 Å². The molecule has 10 N–H and O–H groups in total. The van der Waals surface area contributed by atoms with E-state index in [-0.39, 0.29) is 0 Å². The van der Waals surface area contributed by atoms with Gasteiger partial charge in [-0.2, -0.15) is 0 Å². The van der Waals surface area contributed by atoms with Gasteiger partial charge in [0.25, 0.3) is 0 Å². The van der Waals surface area contributed by atoms with Crippen molar-refractivity contribution in [3.8, 4) is 0 Å². The Kier molecular flexibility index (Phi) is 11.9. The fraction of sp³-hybridized carbons (Fsp3) is 0.667. The molecular formula is C18H31N5O9. The van der Waals surface area contributed by atoms with Crippen molar-refractivity contribution in [3.63, 3.8) is 0 Å². The number of carbonyl (C=O) groups excluding carboxylic acids is 4. The van der Waals surface area contributed by atoms with Gasteiger partial charge >= 0.3 is 11.9 Å². The Bertz CT molecular complexity index is 728. The van der Waals surface area contributed by atoms with Gasteiger partial charge in [0.05, 0.1) is 25.0 Å². The van der Waals surface area contributed by atoms with Gasteiger partial charge in [-0.1, -0.05) is 20.3 Å². The van der Waals surface area contributed by atoms with Crippen LogP contribution in [0.4, 0.5) is 0 Å². The first kappa shape index (κ1) is 28.7. The Labute approximate surface area is 184 Å². The fourth-order valence-electron chi connectivity index (χ4n) is 2.56. The van der Waals surface area contributed by atoms with Crippen molar-refractivity contribution in [2.75, 3.05) is 0 Å². The van der Waals surface area contributed by atoms with Crippen molar-refractivity contribution in [3.05, 3.63) is 0 Å². The lowest BCUT2D eigenvalue weighted by Gasteiger charge is -2.26. The summed E-state index contributed by atoms with van der Waals surface area (Å²) in [6.07, 6.45) is -2.53. The number of carboxylic acids is 2. The molecule has 0 aromatic carbocycles. The third-order valence-corrected chi connectivity index (χ3v) is 4.61. The zero-order chi connectivity index (χ0) is 25.2. The maximum Gasteiger partial charge on any atom is 0.326 e. The zero-order valence-electron chi connectivity index (χ0n) is 18.0. The number of aliphatic hydroxyl groups excluding tert-OH is 1. The standard InChI is InChI=1S/C18H31N5O9/c1-4-7(2)13(18(31)32)22-16(29)10(6-12(26)27)21-17(30)14(8(3)24)23-15(28)9(19)5-11(20)25/h7-10,13-14,24H,4-6,19H2,1-3H3,(H2,20,25)(H,21,30)(H,22,29)(H,23,28)(H,26,27)(H,31,32). The monoisotopic (exact) mass is 461 g/mol. The number of aliphatic carboxylic acids is 2. The van der Waals surface area contributed by atoms with Gasteiger partial charge in [0.1, 0.15) is 18.1 Å². The largest absolute Gasteiger partial charge is 0.481 e. The molecule has 0 saturated heterocycles. The summed E-state index contributed by atoms with van der Waals surface area (Å²) < 4.78 is 0. The molecule has 14 heteroatoms. The van der Waals surface area contributed by atoms with Crippen LogP contribution in [-0.4, -0.2) is 81.2 Å². The highest BCUT2D eigenvalue weighted by molar-refractivity contribution is 5.96. The third kappa shape index (κ3) is 9.70. The van der Waals surface area contributed by atoms with E-state index in [2.05, 4.69) is 16.0 Å². The maximum atomic E-state index is 12.6. The van der Waals surface area contributed by atoms with E-state index in [4.69, 9.17) is 16.6 Å². The van der Waals surface area contributed by atoms with Crippen LogP contribution in [0.1, 0.15) is 40.0 Å². The molecule has 32 heavy (non-hydrogen) atoms. The first-order valence-corrected chi connectivity index (χ1v) is 9.78. The average molecular weight is 461 g/mol. The molecule has 0 aliphatic heterocycles. The number of rotatable bonds is 14. The van der Waals surface area contributed by atoms with Crippen LogP contribution in [-0.2, 0) is 28.8 Å². The molecule has 14 nitrogen and oxygen atoms in total. The second-order valence-corrected chi connectivity index (χ2v) is 7.37. The molecule has 0 aromatic heterocycles. The van der Waals surface area contributed by atoms with Crippen LogP contribution in [0.3, 0.4) is 0 Å². The summed E-state index contributed by atoms with van der Waals surface area (Å²) in [5, 5.41) is 34.6. The van der Waals surface area contributed by atoms with Gasteiger partial charge in [0.2, 0.25) is 23.6 Å². The molecule has 0 rings (SSSR count). The van der Waals surface area contributed by atoms with Crippen LogP contribution in [0.5, 0.6) is 0 Å². The second kappa shape index (κ2) is 13.2. The van der Waals surface area contributed by atoms with Crippen LogP contribution in [0.25, 0.3) is 0 Å². The third-order valence-electron chi connectivity index (χ3n) is 4.61. The van der Waals surface area contributed by atoms with E-state index in [0.29, 0.717) is 6.42 Å². The Hall–Kier alpha value is -3.26. The first-order chi connectivity index (χ1) is 14.7. The van der Waals surface area contributed by atoms with Gasteiger partial charge < -0.3 is 42.7 Å². The van der Waals surface area contributed by atoms with E-state index < -0.39 is 84.6 Å². The van der Waals surface area contributed by atoms with E-state index >= 15 is 0 Å². The highest BCUT2D eigenvalue weighted by atomic mass is 16.4. The van der Waals surface area contributed by atoms with Gasteiger partial charge in [0.15, 0.2) is 0 Å². The minimum absolute atomic E-state index is 0.398. The molecule has 0 aliphatic carbocycles. The lowest BCUT2D eigenvalue weighted by molar-refractivity contribution is -0.145. The van der Waals surface area contributed by atoms with Crippen molar-refractivity contribution in [2.24, 2.45) is 17.4 Å². The topological polar surface area (TPSA) is 251 Å². The van der Waals surface area contributed by atoms with Crippen molar-refractivity contribution >= 4 is 35.6 Å². The van der Waals surface area contributed by atoms with Gasteiger partial charge in [-0.3, -0.25) is 24.0 Å². The smallest absolute Gasteiger partial charge is 0.326 e. The van der Waals surface area contributed by atoms with Crippen LogP contribution >= 0.6 is 0 Å². The Morgan fingerprint density at radius 3 is 1.78 bits per heavy atom. The normalized spacial score (nSPS) is 16.4. The fourth-order valence-corrected chi connectivity index (χ4v) is 2.56. The highest BCUT2D eigenvalue weighted by Crippen LogP contribution is 2.09. The molecule has 4 amide bonds. The number of aliphatic hydroxyl groups is 1. The molecule has 0 aromatic rings. The molecular weight excluding hydrogens is 430 g/mol. The number of carbonyl (C=O) groups is 6. The van der Waals surface area contributed by atoms with Gasteiger partial charge in [-0.05, 0) is 12.8 Å². The maximum absolute atomic E-state index is 12.6. The van der Waals surface area contributed by atoms with Gasteiger partial charge in [0, 0.05) is 0 Å². The summed E-state index contributed by atoms with van der Waals surface area (Å²) in [6.45, 7) is 4.40. The van der Waals surface area contributed by atoms with Crippen molar-refractivity contribution < 1.29 is 44.1 Å². The lowest BCUT2D eigenvalue weighted by Crippen LogP contribution is -2.60. The molecule has 0 heterocycles. The van der Waals surface area contributed by atoms with Gasteiger partial charge in [-0.25, -0.2) is 4.79 Å². The predicted molar refractivity (Wildman–Crippen MR) is 109 cm³/mol. The summed E-state index contributed by atoms with van der Waals surface area (Å²) in [5.74, 6) is -7.38. The van der Waals surface area contributed by atoms with E-state index in [1.54, 1.807) is 13.8 Å². The van der Waals surface area contributed by atoms with Crippen LogP contribution in [0, 0.1) is 5.92 Å². The van der Waals surface area contributed by atoms with Crippen molar-refractivity contribution in [1.82, 2.24) is 16.0 Å². The molecule has 6 unspecified atom stereocenters. The minimum Gasteiger partial charge on any atom is -0.481 e. The average Bonchev–Trinajstić information content (AvgIpc) is 2.66. The summed E-state index contributed by atoms with van der Waals surface area (Å²) in [4.78, 5) is 70.6. The number of hydrogen-bond donors (Lipinski definition) is 8. The summed E-state index contributed by atoms with van der Waals surface area (Å²) in [7, 11) is 0. The molecule has 0 saturated carbocycles. The number of nitrogens with one attached hydrogen (secondary N) is 3.